The fourth-order valence-corrected chi connectivity index (χ4v) is 5.63. The molecule has 2 aromatic rings. The number of thiazole rings is 1. The van der Waals surface area contributed by atoms with Crippen molar-refractivity contribution in [3.05, 3.63) is 44.9 Å². The van der Waals surface area contributed by atoms with Gasteiger partial charge in [-0.05, 0) is 24.1 Å². The van der Waals surface area contributed by atoms with Gasteiger partial charge < -0.3 is 5.32 Å². The monoisotopic (exact) mass is 404 g/mol. The molecule has 1 aromatic heterocycles. The van der Waals surface area contributed by atoms with Crippen molar-refractivity contribution >= 4 is 55.4 Å². The highest BCUT2D eigenvalue weighted by Gasteiger charge is 2.33. The van der Waals surface area contributed by atoms with Crippen LogP contribution in [0.2, 0.25) is 10.0 Å². The summed E-state index contributed by atoms with van der Waals surface area (Å²) in [6.07, 6.45) is 2.54. The number of carbonyl (C=O) groups is 1. The normalized spacial score (nSPS) is 19.3. The van der Waals surface area contributed by atoms with Gasteiger partial charge in [0.05, 0.1) is 17.4 Å². The van der Waals surface area contributed by atoms with Crippen LogP contribution in [0.15, 0.2) is 24.4 Å². The summed E-state index contributed by atoms with van der Waals surface area (Å²) in [4.78, 5) is 17.2. The average molecular weight is 405 g/mol. The Morgan fingerprint density at radius 2 is 2.04 bits per heavy atom. The molecule has 0 saturated carbocycles. The number of hydrogen-bond donors (Lipinski definition) is 1. The van der Waals surface area contributed by atoms with Gasteiger partial charge in [0.15, 0.2) is 15.0 Å². The van der Waals surface area contributed by atoms with E-state index in [1.807, 2.05) is 0 Å². The summed E-state index contributed by atoms with van der Waals surface area (Å²) >= 11 is 13.6. The molecule has 0 spiro atoms. The van der Waals surface area contributed by atoms with Crippen LogP contribution in [0, 0.1) is 5.92 Å². The molecule has 0 aliphatic carbocycles. The van der Waals surface area contributed by atoms with E-state index in [0.717, 1.165) is 10.4 Å². The van der Waals surface area contributed by atoms with E-state index in [4.69, 9.17) is 23.2 Å². The summed E-state index contributed by atoms with van der Waals surface area (Å²) in [5.74, 6) is -0.820. The number of anilines is 1. The van der Waals surface area contributed by atoms with Gasteiger partial charge in [0, 0.05) is 27.5 Å². The second-order valence-electron chi connectivity index (χ2n) is 5.60. The van der Waals surface area contributed by atoms with Gasteiger partial charge in [-0.2, -0.15) is 0 Å². The number of nitrogens with one attached hydrogen (secondary N) is 1. The topological polar surface area (TPSA) is 76.1 Å². The second-order valence-corrected chi connectivity index (χ2v) is 9.76. The van der Waals surface area contributed by atoms with Crippen molar-refractivity contribution < 1.29 is 13.2 Å². The number of halogens is 2. The smallest absolute Gasteiger partial charge is 0.230 e. The van der Waals surface area contributed by atoms with Crippen LogP contribution in [0.5, 0.6) is 0 Å². The first kappa shape index (κ1) is 17.7. The fourth-order valence-electron chi connectivity index (χ4n) is 2.53. The Balaban J connectivity index is 1.67. The average Bonchev–Trinajstić information content (AvgIpc) is 3.09. The molecule has 5 nitrogen and oxygen atoms in total. The van der Waals surface area contributed by atoms with Crippen molar-refractivity contribution in [2.45, 2.75) is 12.8 Å². The van der Waals surface area contributed by atoms with Crippen LogP contribution in [0.4, 0.5) is 5.13 Å². The highest BCUT2D eigenvalue weighted by Crippen LogP contribution is 2.30. The molecule has 1 aromatic carbocycles. The van der Waals surface area contributed by atoms with Crippen LogP contribution in [-0.4, -0.2) is 30.8 Å². The maximum absolute atomic E-state index is 12.1. The first-order valence-electron chi connectivity index (χ1n) is 7.23. The molecule has 3 rings (SSSR count). The van der Waals surface area contributed by atoms with E-state index >= 15 is 0 Å². The van der Waals surface area contributed by atoms with Crippen molar-refractivity contribution in [2.24, 2.45) is 5.92 Å². The van der Waals surface area contributed by atoms with Gasteiger partial charge in [0.25, 0.3) is 0 Å². The minimum absolute atomic E-state index is 0.0687. The highest BCUT2D eigenvalue weighted by molar-refractivity contribution is 7.91. The molecule has 1 amide bonds. The Hall–Kier alpha value is -1.15. The van der Waals surface area contributed by atoms with E-state index in [-0.39, 0.29) is 17.4 Å². The van der Waals surface area contributed by atoms with E-state index in [0.29, 0.717) is 28.0 Å². The molecule has 0 unspecified atom stereocenters. The largest absolute Gasteiger partial charge is 0.302 e. The Labute approximate surface area is 153 Å². The molecular weight excluding hydrogens is 391 g/mol. The number of carbonyl (C=O) groups excluding carboxylic acids is 1. The van der Waals surface area contributed by atoms with Crippen molar-refractivity contribution in [3.8, 4) is 0 Å². The van der Waals surface area contributed by atoms with Crippen LogP contribution >= 0.6 is 34.5 Å². The summed E-state index contributed by atoms with van der Waals surface area (Å²) in [6, 6.07) is 5.32. The number of benzene rings is 1. The van der Waals surface area contributed by atoms with Gasteiger partial charge in [-0.1, -0.05) is 29.3 Å². The third kappa shape index (κ3) is 4.08. The Morgan fingerprint density at radius 3 is 2.67 bits per heavy atom. The lowest BCUT2D eigenvalue weighted by Gasteiger charge is -2.06. The molecule has 9 heteroatoms. The van der Waals surface area contributed by atoms with Crippen LogP contribution < -0.4 is 5.32 Å². The standard InChI is InChI=1S/C15H14Cl2N2O3S2/c16-12-2-1-3-13(17)11(12)6-10-7-18-15(23-10)19-14(20)9-4-5-24(21,22)8-9/h1-3,7,9H,4-6,8H2,(H,18,19,20)/t9-/m0/s1. The molecule has 1 aliphatic heterocycles. The van der Waals surface area contributed by atoms with Gasteiger partial charge in [-0.15, -0.1) is 11.3 Å². The number of rotatable bonds is 4. The first-order valence-corrected chi connectivity index (χ1v) is 10.6. The lowest BCUT2D eigenvalue weighted by Crippen LogP contribution is -2.23. The van der Waals surface area contributed by atoms with Crippen molar-refractivity contribution in [1.82, 2.24) is 4.98 Å². The first-order chi connectivity index (χ1) is 11.3. The van der Waals surface area contributed by atoms with Crippen LogP contribution in [0.1, 0.15) is 16.9 Å². The lowest BCUT2D eigenvalue weighted by atomic mass is 10.1. The quantitative estimate of drug-likeness (QED) is 0.846. The van der Waals surface area contributed by atoms with E-state index in [2.05, 4.69) is 10.3 Å². The molecule has 0 radical (unpaired) electrons. The van der Waals surface area contributed by atoms with Gasteiger partial charge in [-0.25, -0.2) is 13.4 Å². The molecule has 1 aliphatic rings. The molecule has 0 bridgehead atoms. The number of aromatic nitrogens is 1. The minimum Gasteiger partial charge on any atom is -0.302 e. The summed E-state index contributed by atoms with van der Waals surface area (Å²) in [7, 11) is -3.08. The molecule has 1 fully saturated rings. The van der Waals surface area contributed by atoms with E-state index in [9.17, 15) is 13.2 Å². The SMILES string of the molecule is O=C(Nc1ncc(Cc2c(Cl)cccc2Cl)s1)[C@H]1CCS(=O)(=O)C1. The Kier molecular flexibility index (Phi) is 5.15. The third-order valence-corrected chi connectivity index (χ3v) is 7.19. The van der Waals surface area contributed by atoms with Crippen molar-refractivity contribution in [3.63, 3.8) is 0 Å². The summed E-state index contributed by atoms with van der Waals surface area (Å²) < 4.78 is 22.9. The van der Waals surface area contributed by atoms with E-state index in [1.54, 1.807) is 24.4 Å². The summed E-state index contributed by atoms with van der Waals surface area (Å²) in [6.45, 7) is 0. The highest BCUT2D eigenvalue weighted by atomic mass is 35.5. The molecule has 1 saturated heterocycles. The molecule has 128 valence electrons. The fraction of sp³-hybridized carbons (Fsp3) is 0.333. The number of hydrogen-bond acceptors (Lipinski definition) is 5. The van der Waals surface area contributed by atoms with Gasteiger partial charge in [0.2, 0.25) is 5.91 Å². The van der Waals surface area contributed by atoms with Gasteiger partial charge in [-0.3, -0.25) is 4.79 Å². The van der Waals surface area contributed by atoms with Crippen LogP contribution in [-0.2, 0) is 21.1 Å². The van der Waals surface area contributed by atoms with E-state index in [1.165, 1.54) is 11.3 Å². The van der Waals surface area contributed by atoms with Crippen molar-refractivity contribution in [2.75, 3.05) is 16.8 Å². The van der Waals surface area contributed by atoms with Crippen LogP contribution in [0.3, 0.4) is 0 Å². The maximum atomic E-state index is 12.1. The minimum atomic E-state index is -3.08. The van der Waals surface area contributed by atoms with Gasteiger partial charge in [0.1, 0.15) is 0 Å². The molecule has 1 atom stereocenters. The number of sulfone groups is 1. The van der Waals surface area contributed by atoms with E-state index < -0.39 is 15.8 Å². The number of amides is 1. The van der Waals surface area contributed by atoms with Crippen LogP contribution in [0.25, 0.3) is 0 Å². The lowest BCUT2D eigenvalue weighted by molar-refractivity contribution is -0.119. The zero-order chi connectivity index (χ0) is 17.3. The molecule has 2 heterocycles. The summed E-state index contributed by atoms with van der Waals surface area (Å²) in [5.41, 5.74) is 0.809. The predicted molar refractivity (Wildman–Crippen MR) is 96.8 cm³/mol. The number of nitrogens with zero attached hydrogens (tertiary/aromatic N) is 1. The summed E-state index contributed by atoms with van der Waals surface area (Å²) in [5, 5.41) is 4.30. The molecule has 1 N–H and O–H groups in total. The van der Waals surface area contributed by atoms with Gasteiger partial charge >= 0.3 is 0 Å². The Morgan fingerprint density at radius 1 is 1.33 bits per heavy atom. The second kappa shape index (κ2) is 7.00. The Bertz CT molecular complexity index is 860. The predicted octanol–water partition coefficient (Wildman–Crippen LogP) is 3.41. The third-order valence-electron chi connectivity index (χ3n) is 3.80. The molecular formula is C15H14Cl2N2O3S2. The molecule has 24 heavy (non-hydrogen) atoms. The zero-order valence-electron chi connectivity index (χ0n) is 12.5. The maximum Gasteiger partial charge on any atom is 0.230 e. The zero-order valence-corrected chi connectivity index (χ0v) is 15.6. The van der Waals surface area contributed by atoms with Crippen molar-refractivity contribution in [1.29, 1.82) is 0 Å².